The lowest BCUT2D eigenvalue weighted by Gasteiger charge is -2.13. The zero-order valence-corrected chi connectivity index (χ0v) is 42.2. The molecule has 410 valence electrons. The fourth-order valence-electron chi connectivity index (χ4n) is 7.43. The largest absolute Gasteiger partial charge is 0.464 e. The van der Waals surface area contributed by atoms with Crippen LogP contribution in [0.2, 0.25) is 0 Å². The summed E-state index contributed by atoms with van der Waals surface area (Å²) in [6, 6.07) is 14.7. The molecule has 1 aromatic carbocycles. The van der Waals surface area contributed by atoms with E-state index in [9.17, 15) is 44.1 Å². The number of benzene rings is 1. The quantitative estimate of drug-likeness (QED) is 0.0530. The number of carbonyl (C=O) groups excluding carboxylic acids is 2. The number of esters is 1. The molecule has 14 N–H and O–H groups in total. The van der Waals surface area contributed by atoms with Gasteiger partial charge in [-0.05, 0) is 84.4 Å². The average molecular weight is 1070 g/mol. The highest BCUT2D eigenvalue weighted by molar-refractivity contribution is 6.03. The number of nitrogens with zero attached hydrogens (tertiary/aromatic N) is 8. The second-order valence-corrected chi connectivity index (χ2v) is 19.3. The molecule has 0 radical (unpaired) electrons. The molecule has 4 aliphatic rings. The number of anilines is 4. The third-order valence-corrected chi connectivity index (χ3v) is 13.3. The van der Waals surface area contributed by atoms with Gasteiger partial charge in [0.25, 0.3) is 5.91 Å². The molecule has 1 atom stereocenters. The van der Waals surface area contributed by atoms with Crippen LogP contribution < -0.4 is 45.3 Å². The van der Waals surface area contributed by atoms with Crippen LogP contribution in [0.1, 0.15) is 49.9 Å². The summed E-state index contributed by atoms with van der Waals surface area (Å²) < 4.78 is 10.3. The molecule has 9 rings (SSSR count). The first kappa shape index (κ1) is 58.0. The maximum atomic E-state index is 12.0. The molecule has 4 fully saturated rings. The van der Waals surface area contributed by atoms with Crippen molar-refractivity contribution in [1.82, 2.24) is 38.2 Å². The van der Waals surface area contributed by atoms with Crippen LogP contribution in [0.25, 0.3) is 24.8 Å². The number of aliphatic hydroxyl groups is 7. The highest BCUT2D eigenvalue weighted by Crippen LogP contribution is 2.53. The Morgan fingerprint density at radius 3 is 1.17 bits per heavy atom. The second kappa shape index (κ2) is 24.6. The molecule has 0 spiro atoms. The summed E-state index contributed by atoms with van der Waals surface area (Å²) in [5.74, 6) is -0.201. The van der Waals surface area contributed by atoms with Gasteiger partial charge < -0.3 is 63.0 Å². The summed E-state index contributed by atoms with van der Waals surface area (Å²) >= 11 is 0. The van der Waals surface area contributed by atoms with Crippen molar-refractivity contribution in [2.75, 3.05) is 75.4 Å². The molecule has 4 aromatic heterocycles. The molecule has 4 heterocycles. The molecule has 26 heteroatoms. The molecule has 0 aliphatic heterocycles. The number of aliphatic hydroxyl groups excluding tert-OH is 7. The molecule has 1 unspecified atom stereocenters. The van der Waals surface area contributed by atoms with Crippen molar-refractivity contribution < 1.29 is 50.1 Å². The number of aromatic nitrogens is 8. The number of carbonyl (C=O) groups is 2. The van der Waals surface area contributed by atoms with Gasteiger partial charge in [-0.15, -0.1) is 0 Å². The minimum Gasteiger partial charge on any atom is -0.464 e. The zero-order valence-electron chi connectivity index (χ0n) is 42.2. The smallest absolute Gasteiger partial charge is 0.353 e. The monoisotopic (exact) mass is 1070 g/mol. The van der Waals surface area contributed by atoms with Gasteiger partial charge in [-0.1, -0.05) is 32.0 Å². The van der Waals surface area contributed by atoms with Crippen molar-refractivity contribution in [3.63, 3.8) is 0 Å². The zero-order chi connectivity index (χ0) is 56.3. The van der Waals surface area contributed by atoms with Gasteiger partial charge in [-0.25, -0.2) is 19.2 Å². The van der Waals surface area contributed by atoms with Gasteiger partial charge >= 0.3 is 28.7 Å². The van der Waals surface area contributed by atoms with Gasteiger partial charge in [0.05, 0.1) is 57.6 Å². The Hall–Kier alpha value is -8.24. The summed E-state index contributed by atoms with van der Waals surface area (Å²) in [7, 11) is 0. The summed E-state index contributed by atoms with van der Waals surface area (Å²) in [6.07, 6.45) is 14.7. The van der Waals surface area contributed by atoms with Crippen molar-refractivity contribution in [1.29, 1.82) is 0 Å². The number of ether oxygens (including phenoxy) is 1. The number of nitrogens with two attached hydrogens (primary N) is 3. The number of amides is 1. The predicted octanol–water partition coefficient (Wildman–Crippen LogP) is -0.959. The number of hydrogen-bond donors (Lipinski definition) is 11. The Kier molecular flexibility index (Phi) is 18.6. The first-order valence-electron chi connectivity index (χ1n) is 23.9. The van der Waals surface area contributed by atoms with Crippen molar-refractivity contribution in [3.8, 4) is 0 Å². The molecular weight excluding hydrogens is 1000 g/mol. The van der Waals surface area contributed by atoms with E-state index in [2.05, 4.69) is 25.3 Å². The fourth-order valence-corrected chi connectivity index (χ4v) is 7.43. The van der Waals surface area contributed by atoms with Crippen LogP contribution in [0.15, 0.2) is 121 Å². The molecule has 1 amide bonds. The van der Waals surface area contributed by atoms with Gasteiger partial charge in [0.1, 0.15) is 29.9 Å². The predicted molar refractivity (Wildman–Crippen MR) is 282 cm³/mol. The normalized spacial score (nSPS) is 19.7. The minimum atomic E-state index is -0.625. The van der Waals surface area contributed by atoms with E-state index in [0.717, 1.165) is 22.3 Å². The Morgan fingerprint density at radius 1 is 0.532 bits per heavy atom. The number of hydrogen-bond acceptors (Lipinski definition) is 21. The summed E-state index contributed by atoms with van der Waals surface area (Å²) in [5, 5.41) is 67.0. The van der Waals surface area contributed by atoms with Gasteiger partial charge in [0, 0.05) is 71.4 Å². The van der Waals surface area contributed by atoms with Crippen LogP contribution >= 0.6 is 0 Å². The third-order valence-electron chi connectivity index (χ3n) is 13.3. The lowest BCUT2D eigenvalue weighted by molar-refractivity contribution is -0.149. The SMILES string of the molecule is CC(C)C(=O)OCC1(CO)C/C1=C/n1ccc(N)nc1=O.Nc1ccn(/C=C2/CC2(CO)CO)c(=O)n1.Nc1ccn(/C=C2/CC2(CO)CO)c(=O)n1.O=C(Nc1ccn(/C=C2/CC2(CO)CO)c(=O)n1)c1ccccc1. The lowest BCUT2D eigenvalue weighted by Crippen LogP contribution is -2.22. The lowest BCUT2D eigenvalue weighted by atomic mass is 10.1. The van der Waals surface area contributed by atoms with E-state index in [4.69, 9.17) is 42.4 Å². The molecule has 0 saturated heterocycles. The maximum Gasteiger partial charge on any atom is 0.353 e. The Balaban J connectivity index is 0.000000169. The van der Waals surface area contributed by atoms with Crippen molar-refractivity contribution in [2.45, 2.75) is 39.5 Å². The van der Waals surface area contributed by atoms with E-state index >= 15 is 0 Å². The van der Waals surface area contributed by atoms with Crippen LogP contribution in [0.3, 0.4) is 0 Å². The van der Waals surface area contributed by atoms with E-state index in [-0.39, 0.29) is 93.9 Å². The van der Waals surface area contributed by atoms with Gasteiger partial charge in [-0.3, -0.25) is 27.9 Å². The van der Waals surface area contributed by atoms with Crippen LogP contribution in [0, 0.1) is 27.6 Å². The van der Waals surface area contributed by atoms with Gasteiger partial charge in [0.15, 0.2) is 0 Å². The van der Waals surface area contributed by atoms with Crippen LogP contribution in [-0.4, -0.2) is 139 Å². The highest BCUT2D eigenvalue weighted by atomic mass is 16.5. The van der Waals surface area contributed by atoms with E-state index in [1.165, 1.54) is 67.3 Å². The number of nitrogen functional groups attached to an aromatic ring is 3. The topological polar surface area (TPSA) is 415 Å². The minimum absolute atomic E-state index is 0.115. The summed E-state index contributed by atoms with van der Waals surface area (Å²) in [6.45, 7) is 2.67. The molecule has 0 bridgehead atoms. The maximum absolute atomic E-state index is 12.0. The summed E-state index contributed by atoms with van der Waals surface area (Å²) in [5.41, 5.74) is 15.6. The molecule has 5 aromatic rings. The van der Waals surface area contributed by atoms with E-state index in [1.54, 1.807) is 69.0 Å². The first-order chi connectivity index (χ1) is 36.7. The molecule has 4 aliphatic carbocycles. The average Bonchev–Trinajstić information content (AvgIpc) is 4.34. The molecule has 26 nitrogen and oxygen atoms in total. The molecule has 77 heavy (non-hydrogen) atoms. The summed E-state index contributed by atoms with van der Waals surface area (Å²) in [4.78, 5) is 84.6. The standard InChI is InChI=1S/C17H17N3O4.C14H19N3O4.2C10H13N3O3/c21-10-17(11-22)8-13(17)9-20-7-6-14(19-16(20)24)18-15(23)12-4-2-1-3-5-12;1-9(2)12(19)21-8-14(7-18)5-10(14)6-17-4-3-11(15)16-13(17)20;2*11-8-1-2-13(9(16)12-8)4-7-3-10(7,5-14)6-15/h1-7,9,21-22H,8,10-11H2,(H,18,19,23,24);3-4,6,9,18H,5,7-8H2,1-2H3,(H2,15,16,20);2*1-2,4,14-15H,3,5-6H2,(H2,11,12,16)/b13-9-;10-6-;2*7-4-. The van der Waals surface area contributed by atoms with Gasteiger partial charge in [0.2, 0.25) is 0 Å². The Bertz CT molecular complexity index is 3220. The Morgan fingerprint density at radius 2 is 0.857 bits per heavy atom. The van der Waals surface area contributed by atoms with Crippen molar-refractivity contribution in [2.24, 2.45) is 27.6 Å². The van der Waals surface area contributed by atoms with Crippen LogP contribution in [-0.2, 0) is 9.53 Å². The van der Waals surface area contributed by atoms with E-state index in [1.807, 2.05) is 0 Å². The first-order valence-corrected chi connectivity index (χ1v) is 23.9. The van der Waals surface area contributed by atoms with Gasteiger partial charge in [-0.2, -0.15) is 19.9 Å². The van der Waals surface area contributed by atoms with Crippen molar-refractivity contribution in [3.05, 3.63) is 149 Å². The molecular formula is C51H62N12O14. The highest BCUT2D eigenvalue weighted by Gasteiger charge is 2.51. The molecule has 4 saturated carbocycles. The fraction of sp³-hybridized carbons (Fsp3) is 0.373. The van der Waals surface area contributed by atoms with E-state index < -0.39 is 44.4 Å². The van der Waals surface area contributed by atoms with Crippen molar-refractivity contribution >= 4 is 59.9 Å². The second-order valence-electron chi connectivity index (χ2n) is 19.3. The number of nitrogens with one attached hydrogen (secondary N) is 1. The Labute approximate surface area is 438 Å². The van der Waals surface area contributed by atoms with Crippen LogP contribution in [0.5, 0.6) is 0 Å². The van der Waals surface area contributed by atoms with E-state index in [0.29, 0.717) is 31.2 Å². The number of rotatable bonds is 16. The van der Waals surface area contributed by atoms with Crippen LogP contribution in [0.4, 0.5) is 23.3 Å². The third kappa shape index (κ3) is 14.4.